The fourth-order valence-electron chi connectivity index (χ4n) is 3.63. The lowest BCUT2D eigenvalue weighted by Gasteiger charge is -2.13. The lowest BCUT2D eigenvalue weighted by molar-refractivity contribution is -0.116. The fourth-order valence-corrected chi connectivity index (χ4v) is 4.33. The van der Waals surface area contributed by atoms with Gasteiger partial charge in [0.1, 0.15) is 5.56 Å². The summed E-state index contributed by atoms with van der Waals surface area (Å²) >= 11 is 1.34. The van der Waals surface area contributed by atoms with E-state index in [1.165, 1.54) is 22.2 Å². The Morgan fingerprint density at radius 2 is 1.91 bits per heavy atom. The van der Waals surface area contributed by atoms with Gasteiger partial charge in [0.25, 0.3) is 0 Å². The summed E-state index contributed by atoms with van der Waals surface area (Å²) in [7, 11) is 0. The largest absolute Gasteiger partial charge is 0.462 e. The number of hydrogen-bond donors (Lipinski definition) is 1. The number of ketones is 1. The highest BCUT2D eigenvalue weighted by molar-refractivity contribution is 7.12. The Kier molecular flexibility index (Phi) is 6.83. The molecule has 9 heteroatoms. The van der Waals surface area contributed by atoms with Crippen molar-refractivity contribution in [3.05, 3.63) is 69.5 Å². The summed E-state index contributed by atoms with van der Waals surface area (Å²) in [4.78, 5) is 42.9. The van der Waals surface area contributed by atoms with Crippen molar-refractivity contribution in [2.24, 2.45) is 0 Å². The number of anilines is 1. The van der Waals surface area contributed by atoms with Crippen LogP contribution in [0.3, 0.4) is 0 Å². The van der Waals surface area contributed by atoms with Crippen LogP contribution in [0.25, 0.3) is 16.7 Å². The topological polar surface area (TPSA) is 103 Å². The standard InChI is InChI=1S/C25H24N4O4S/c1-4-33-25(32)18-14-26-29(21-13-16(3)17-8-5-7-15(2)23(17)27-21)24(18)28-22(31)11-10-19(30)20-9-6-12-34-20/h5-9,12-14H,4,10-11H2,1-3H3,(H,28,31). The van der Waals surface area contributed by atoms with E-state index in [1.807, 2.05) is 43.5 Å². The molecule has 4 rings (SSSR count). The molecule has 0 radical (unpaired) electrons. The average molecular weight is 477 g/mol. The van der Waals surface area contributed by atoms with Crippen LogP contribution >= 0.6 is 11.3 Å². The number of ether oxygens (including phenoxy) is 1. The number of fused-ring (bicyclic) bond motifs is 1. The normalized spacial score (nSPS) is 10.9. The highest BCUT2D eigenvalue weighted by Gasteiger charge is 2.23. The molecule has 4 aromatic rings. The van der Waals surface area contributed by atoms with E-state index in [0.29, 0.717) is 10.7 Å². The minimum absolute atomic E-state index is 0.0343. The van der Waals surface area contributed by atoms with Crippen LogP contribution < -0.4 is 5.32 Å². The number of aromatic nitrogens is 3. The number of pyridine rings is 1. The minimum Gasteiger partial charge on any atom is -0.462 e. The summed E-state index contributed by atoms with van der Waals surface area (Å²) in [5.41, 5.74) is 2.90. The van der Waals surface area contributed by atoms with Crippen LogP contribution in [0.4, 0.5) is 5.82 Å². The van der Waals surface area contributed by atoms with Crippen LogP contribution in [-0.4, -0.2) is 39.0 Å². The number of nitrogens with zero attached hydrogens (tertiary/aromatic N) is 3. The van der Waals surface area contributed by atoms with Gasteiger partial charge >= 0.3 is 5.97 Å². The van der Waals surface area contributed by atoms with Crippen molar-refractivity contribution in [2.45, 2.75) is 33.6 Å². The first-order valence-electron chi connectivity index (χ1n) is 10.9. The number of amides is 1. The number of rotatable bonds is 8. The summed E-state index contributed by atoms with van der Waals surface area (Å²) in [6, 6.07) is 11.3. The molecule has 0 atom stereocenters. The molecule has 1 amide bonds. The first-order valence-corrected chi connectivity index (χ1v) is 11.8. The van der Waals surface area contributed by atoms with E-state index in [-0.39, 0.29) is 36.6 Å². The summed E-state index contributed by atoms with van der Waals surface area (Å²) in [5.74, 6) is -0.503. The van der Waals surface area contributed by atoms with Crippen LogP contribution in [0.15, 0.2) is 48.0 Å². The van der Waals surface area contributed by atoms with Crippen LogP contribution in [0.5, 0.6) is 0 Å². The molecule has 0 aliphatic rings. The second-order valence-corrected chi connectivity index (χ2v) is 8.70. The summed E-state index contributed by atoms with van der Waals surface area (Å²) in [6.07, 6.45) is 1.37. The molecule has 0 unspecified atom stereocenters. The van der Waals surface area contributed by atoms with Gasteiger partial charge in [0.15, 0.2) is 17.4 Å². The zero-order valence-corrected chi connectivity index (χ0v) is 19.9. The maximum absolute atomic E-state index is 12.8. The van der Waals surface area contributed by atoms with Gasteiger partial charge in [-0.2, -0.15) is 9.78 Å². The Morgan fingerprint density at radius 3 is 2.65 bits per heavy atom. The third kappa shape index (κ3) is 4.74. The highest BCUT2D eigenvalue weighted by atomic mass is 32.1. The number of thiophene rings is 1. The molecule has 0 aliphatic carbocycles. The molecular formula is C25H24N4O4S. The number of aryl methyl sites for hydroxylation is 2. The van der Waals surface area contributed by atoms with Crippen LogP contribution in [-0.2, 0) is 9.53 Å². The predicted molar refractivity (Wildman–Crippen MR) is 131 cm³/mol. The average Bonchev–Trinajstić information content (AvgIpc) is 3.49. The molecule has 1 aromatic carbocycles. The van der Waals surface area contributed by atoms with Crippen molar-refractivity contribution >= 4 is 45.7 Å². The zero-order chi connectivity index (χ0) is 24.2. The molecule has 0 aliphatic heterocycles. The second-order valence-electron chi connectivity index (χ2n) is 7.76. The number of carbonyl (C=O) groups excluding carboxylic acids is 3. The summed E-state index contributed by atoms with van der Waals surface area (Å²) in [5, 5.41) is 9.91. The number of Topliss-reactive ketones (excluding diaryl/α,β-unsaturated/α-hetero) is 1. The molecule has 3 aromatic heterocycles. The summed E-state index contributed by atoms with van der Waals surface area (Å²) < 4.78 is 6.56. The molecule has 0 saturated heterocycles. The van der Waals surface area contributed by atoms with Gasteiger partial charge in [0.05, 0.1) is 23.2 Å². The van der Waals surface area contributed by atoms with E-state index in [4.69, 9.17) is 9.72 Å². The molecule has 8 nitrogen and oxygen atoms in total. The van der Waals surface area contributed by atoms with E-state index in [1.54, 1.807) is 19.1 Å². The fraction of sp³-hybridized carbons (Fsp3) is 0.240. The lowest BCUT2D eigenvalue weighted by atomic mass is 10.1. The van der Waals surface area contributed by atoms with E-state index in [9.17, 15) is 14.4 Å². The first kappa shape index (κ1) is 23.3. The third-order valence-electron chi connectivity index (χ3n) is 5.35. The Hall–Kier alpha value is -3.85. The maximum Gasteiger partial charge on any atom is 0.343 e. The Labute approximate surface area is 200 Å². The molecule has 3 heterocycles. The summed E-state index contributed by atoms with van der Waals surface area (Å²) in [6.45, 7) is 5.82. The Balaban J connectivity index is 1.67. The Morgan fingerprint density at radius 1 is 1.09 bits per heavy atom. The van der Waals surface area contributed by atoms with Crippen molar-refractivity contribution in [2.75, 3.05) is 11.9 Å². The monoisotopic (exact) mass is 476 g/mol. The SMILES string of the molecule is CCOC(=O)c1cnn(-c2cc(C)c3cccc(C)c3n2)c1NC(=O)CCC(=O)c1cccs1. The van der Waals surface area contributed by atoms with Crippen molar-refractivity contribution in [1.82, 2.24) is 14.8 Å². The molecule has 34 heavy (non-hydrogen) atoms. The van der Waals surface area contributed by atoms with Gasteiger partial charge in [-0.15, -0.1) is 11.3 Å². The van der Waals surface area contributed by atoms with Gasteiger partial charge in [-0.05, 0) is 49.4 Å². The predicted octanol–water partition coefficient (Wildman–Crippen LogP) is 4.88. The van der Waals surface area contributed by atoms with E-state index < -0.39 is 11.9 Å². The van der Waals surface area contributed by atoms with Gasteiger partial charge in [-0.1, -0.05) is 24.3 Å². The van der Waals surface area contributed by atoms with Crippen LogP contribution in [0.1, 0.15) is 50.9 Å². The number of para-hydroxylation sites is 1. The van der Waals surface area contributed by atoms with Gasteiger partial charge in [0, 0.05) is 18.2 Å². The second kappa shape index (κ2) is 9.96. The van der Waals surface area contributed by atoms with Crippen LogP contribution in [0, 0.1) is 13.8 Å². The number of hydrogen-bond acceptors (Lipinski definition) is 7. The molecule has 0 bridgehead atoms. The number of nitrogens with one attached hydrogen (secondary N) is 1. The van der Waals surface area contributed by atoms with Gasteiger partial charge in [-0.3, -0.25) is 9.59 Å². The molecule has 174 valence electrons. The molecule has 0 fully saturated rings. The maximum atomic E-state index is 12.8. The zero-order valence-electron chi connectivity index (χ0n) is 19.1. The van der Waals surface area contributed by atoms with E-state index in [2.05, 4.69) is 10.4 Å². The molecular weight excluding hydrogens is 452 g/mol. The first-order chi connectivity index (χ1) is 16.4. The van der Waals surface area contributed by atoms with Crippen molar-refractivity contribution in [3.63, 3.8) is 0 Å². The highest BCUT2D eigenvalue weighted by Crippen LogP contribution is 2.26. The minimum atomic E-state index is -0.604. The molecule has 1 N–H and O–H groups in total. The van der Waals surface area contributed by atoms with Gasteiger partial charge < -0.3 is 10.1 Å². The van der Waals surface area contributed by atoms with Crippen LogP contribution in [0.2, 0.25) is 0 Å². The quantitative estimate of drug-likeness (QED) is 0.287. The lowest BCUT2D eigenvalue weighted by Crippen LogP contribution is -2.19. The van der Waals surface area contributed by atoms with Crippen molar-refractivity contribution < 1.29 is 19.1 Å². The van der Waals surface area contributed by atoms with E-state index >= 15 is 0 Å². The number of benzene rings is 1. The van der Waals surface area contributed by atoms with Crippen molar-refractivity contribution in [3.8, 4) is 5.82 Å². The molecule has 0 saturated carbocycles. The Bertz CT molecular complexity index is 1380. The third-order valence-corrected chi connectivity index (χ3v) is 6.26. The van der Waals surface area contributed by atoms with Crippen molar-refractivity contribution in [1.29, 1.82) is 0 Å². The molecule has 0 spiro atoms. The number of carbonyl (C=O) groups is 3. The smallest absolute Gasteiger partial charge is 0.343 e. The van der Waals surface area contributed by atoms with E-state index in [0.717, 1.165) is 22.0 Å². The number of esters is 1. The van der Waals surface area contributed by atoms with Gasteiger partial charge in [-0.25, -0.2) is 9.78 Å². The van der Waals surface area contributed by atoms with Gasteiger partial charge in [0.2, 0.25) is 5.91 Å².